The van der Waals surface area contributed by atoms with Crippen LogP contribution in [0.2, 0.25) is 12.6 Å². The smallest absolute Gasteiger partial charge is 0.207 e. The number of aliphatic hydroxyl groups excluding tert-OH is 2. The Balaban J connectivity index is 1.38. The first-order chi connectivity index (χ1) is 19.1. The Morgan fingerprint density at radius 1 is 0.564 bits per heavy atom. The fourth-order valence-corrected chi connectivity index (χ4v) is 5.17. The van der Waals surface area contributed by atoms with Crippen LogP contribution < -0.4 is 26.3 Å². The zero-order valence-electron chi connectivity index (χ0n) is 22.8. The maximum Gasteiger partial charge on any atom is 0.207 e. The molecule has 0 heterocycles. The van der Waals surface area contributed by atoms with Crippen LogP contribution in [0.4, 0.5) is 0 Å². The van der Waals surface area contributed by atoms with E-state index in [0.717, 1.165) is 35.1 Å². The summed E-state index contributed by atoms with van der Waals surface area (Å²) in [6.07, 6.45) is 1.59. The maximum atomic E-state index is 10.1. The molecule has 7 heteroatoms. The van der Waals surface area contributed by atoms with Crippen molar-refractivity contribution < 1.29 is 14.9 Å². The minimum absolute atomic E-state index is 0.0173. The minimum atomic E-state index is 0.0173. The molecular formula is C32H38B2N2O3. The lowest BCUT2D eigenvalue weighted by atomic mass is 9.42. The van der Waals surface area contributed by atoms with E-state index in [4.69, 9.17) is 4.74 Å². The fourth-order valence-electron chi connectivity index (χ4n) is 5.17. The van der Waals surface area contributed by atoms with Crippen molar-refractivity contribution in [3.63, 3.8) is 0 Å². The summed E-state index contributed by atoms with van der Waals surface area (Å²) in [5, 5.41) is 27.0. The van der Waals surface area contributed by atoms with Crippen molar-refractivity contribution in [1.82, 2.24) is 10.6 Å². The first-order valence-electron chi connectivity index (χ1n) is 13.7. The molecule has 0 fully saturated rings. The highest BCUT2D eigenvalue weighted by molar-refractivity contribution is 6.73. The third kappa shape index (κ3) is 7.84. The third-order valence-electron chi connectivity index (χ3n) is 7.52. The monoisotopic (exact) mass is 520 g/mol. The van der Waals surface area contributed by atoms with Gasteiger partial charge in [-0.25, -0.2) is 0 Å². The highest BCUT2D eigenvalue weighted by Crippen LogP contribution is 2.23. The van der Waals surface area contributed by atoms with Gasteiger partial charge in [0, 0.05) is 25.1 Å². The Morgan fingerprint density at radius 3 is 1.23 bits per heavy atom. The van der Waals surface area contributed by atoms with E-state index >= 15 is 0 Å². The number of ether oxygens (including phenoxy) is 1. The van der Waals surface area contributed by atoms with E-state index < -0.39 is 0 Å². The summed E-state index contributed by atoms with van der Waals surface area (Å²) < 4.78 is 6.11. The van der Waals surface area contributed by atoms with Gasteiger partial charge in [-0.05, 0) is 62.1 Å². The maximum absolute atomic E-state index is 10.1. The zero-order valence-corrected chi connectivity index (χ0v) is 22.8. The molecule has 2 atom stereocenters. The van der Waals surface area contributed by atoms with Gasteiger partial charge in [-0.15, -0.1) is 0 Å². The molecule has 4 N–H and O–H groups in total. The second-order valence-electron chi connectivity index (χ2n) is 9.97. The molecule has 4 aromatic carbocycles. The number of nitrogens with one attached hydrogen (secondary N) is 2. The summed E-state index contributed by atoms with van der Waals surface area (Å²) in [5.74, 6) is 1.49. The normalized spacial score (nSPS) is 12.5. The van der Waals surface area contributed by atoms with Gasteiger partial charge in [-0.2, -0.15) is 0 Å². The molecule has 0 saturated heterocycles. The van der Waals surface area contributed by atoms with Crippen molar-refractivity contribution in [3.05, 3.63) is 120 Å². The predicted molar refractivity (Wildman–Crippen MR) is 164 cm³/mol. The van der Waals surface area contributed by atoms with E-state index in [1.165, 1.54) is 11.1 Å². The second kappa shape index (κ2) is 14.7. The van der Waals surface area contributed by atoms with Crippen molar-refractivity contribution in [1.29, 1.82) is 0 Å². The highest BCUT2D eigenvalue weighted by atomic mass is 16.5. The number of hydrogen-bond donors (Lipinski definition) is 4. The van der Waals surface area contributed by atoms with Crippen molar-refractivity contribution in [2.75, 3.05) is 27.1 Å². The van der Waals surface area contributed by atoms with E-state index in [0.29, 0.717) is 0 Å². The standard InChI is InChI=1S/C32H38B2N2O3/c1-35-31(25-9-5-3-6-10-25)21-33(23-37)27-13-17-29(18-14-27)39-30-19-15-28(16-20-30)34(24-38)22-32(36-2)26-11-7-4-8-12-26/h3-20,31-32,35-38H,21-24H2,1-2H3. The topological polar surface area (TPSA) is 73.8 Å². The summed E-state index contributed by atoms with van der Waals surface area (Å²) in [4.78, 5) is 0. The van der Waals surface area contributed by atoms with E-state index in [9.17, 15) is 10.2 Å². The quantitative estimate of drug-likeness (QED) is 0.190. The van der Waals surface area contributed by atoms with Crippen LogP contribution in [0.5, 0.6) is 11.5 Å². The fraction of sp³-hybridized carbons (Fsp3) is 0.250. The molecule has 0 saturated carbocycles. The molecule has 2 unspecified atom stereocenters. The number of rotatable bonds is 14. The predicted octanol–water partition coefficient (Wildman–Crippen LogP) is 3.87. The largest absolute Gasteiger partial charge is 0.457 e. The van der Waals surface area contributed by atoms with Gasteiger partial charge in [0.2, 0.25) is 13.4 Å². The molecule has 39 heavy (non-hydrogen) atoms. The van der Waals surface area contributed by atoms with Crippen LogP contribution >= 0.6 is 0 Å². The van der Waals surface area contributed by atoms with Gasteiger partial charge in [-0.1, -0.05) is 95.9 Å². The minimum Gasteiger partial charge on any atom is -0.457 e. The second-order valence-corrected chi connectivity index (χ2v) is 9.97. The SMILES string of the molecule is CNC(CB(CO)c1ccc(Oc2ccc(B(CO)CC(NC)c3ccccc3)cc2)cc1)c1ccccc1. The van der Waals surface area contributed by atoms with Gasteiger partial charge in [0.25, 0.3) is 0 Å². The number of benzene rings is 4. The molecule has 0 aliphatic rings. The van der Waals surface area contributed by atoms with Crippen molar-refractivity contribution >= 4 is 24.4 Å². The van der Waals surface area contributed by atoms with Crippen LogP contribution in [0.25, 0.3) is 0 Å². The number of aliphatic hydroxyl groups is 2. The summed E-state index contributed by atoms with van der Waals surface area (Å²) in [7, 11) is 3.92. The first-order valence-corrected chi connectivity index (χ1v) is 13.7. The van der Waals surface area contributed by atoms with Crippen LogP contribution in [-0.2, 0) is 0 Å². The summed E-state index contributed by atoms with van der Waals surface area (Å²) in [6.45, 7) is 0.196. The van der Waals surface area contributed by atoms with E-state index in [1.807, 2.05) is 99.0 Å². The molecule has 0 aliphatic carbocycles. The summed E-state index contributed by atoms with van der Waals surface area (Å²) in [6, 6.07) is 36.9. The van der Waals surface area contributed by atoms with Gasteiger partial charge in [0.15, 0.2) is 0 Å². The molecule has 0 bridgehead atoms. The molecule has 200 valence electrons. The molecule has 0 radical (unpaired) electrons. The zero-order chi connectivity index (χ0) is 27.5. The lowest BCUT2D eigenvalue weighted by Gasteiger charge is -2.21. The van der Waals surface area contributed by atoms with Gasteiger partial charge < -0.3 is 25.6 Å². The third-order valence-corrected chi connectivity index (χ3v) is 7.52. The van der Waals surface area contributed by atoms with Crippen LogP contribution in [0.1, 0.15) is 23.2 Å². The Morgan fingerprint density at radius 2 is 0.923 bits per heavy atom. The molecule has 5 nitrogen and oxygen atoms in total. The van der Waals surface area contributed by atoms with Gasteiger partial charge in [0.1, 0.15) is 11.5 Å². The summed E-state index contributed by atoms with van der Waals surface area (Å²) >= 11 is 0. The van der Waals surface area contributed by atoms with E-state index in [1.54, 1.807) is 0 Å². The molecule has 0 aromatic heterocycles. The lowest BCUT2D eigenvalue weighted by Crippen LogP contribution is -2.37. The van der Waals surface area contributed by atoms with E-state index in [-0.39, 0.29) is 38.5 Å². The molecule has 0 aliphatic heterocycles. The van der Waals surface area contributed by atoms with E-state index in [2.05, 4.69) is 34.9 Å². The lowest BCUT2D eigenvalue weighted by molar-refractivity contribution is 0.361. The Kier molecular flexibility index (Phi) is 10.8. The van der Waals surface area contributed by atoms with Crippen molar-refractivity contribution in [3.8, 4) is 11.5 Å². The van der Waals surface area contributed by atoms with Gasteiger partial charge >= 0.3 is 0 Å². The van der Waals surface area contributed by atoms with Crippen LogP contribution in [0, 0.1) is 0 Å². The van der Waals surface area contributed by atoms with Crippen LogP contribution in [0.15, 0.2) is 109 Å². The van der Waals surface area contributed by atoms with Crippen LogP contribution in [0.3, 0.4) is 0 Å². The Labute approximate surface area is 233 Å². The van der Waals surface area contributed by atoms with Gasteiger partial charge in [-0.3, -0.25) is 0 Å². The average molecular weight is 520 g/mol. The number of hydrogen-bond acceptors (Lipinski definition) is 5. The molecule has 4 rings (SSSR count). The average Bonchev–Trinajstić information content (AvgIpc) is 3.00. The van der Waals surface area contributed by atoms with Crippen molar-refractivity contribution in [2.45, 2.75) is 24.7 Å². The van der Waals surface area contributed by atoms with Crippen LogP contribution in [-0.4, -0.2) is 50.7 Å². The molecule has 0 spiro atoms. The Bertz CT molecular complexity index is 1140. The van der Waals surface area contributed by atoms with Crippen molar-refractivity contribution in [2.24, 2.45) is 0 Å². The molecule has 4 aromatic rings. The molecule has 0 amide bonds. The molecular weight excluding hydrogens is 482 g/mol. The first kappa shape index (κ1) is 28.7. The van der Waals surface area contributed by atoms with Gasteiger partial charge in [0.05, 0.1) is 0 Å². The highest BCUT2D eigenvalue weighted by Gasteiger charge is 2.23. The summed E-state index contributed by atoms with van der Waals surface area (Å²) in [5.41, 5.74) is 4.60. The Hall–Kier alpha value is -3.35.